The van der Waals surface area contributed by atoms with Crippen molar-refractivity contribution in [1.29, 1.82) is 0 Å². The van der Waals surface area contributed by atoms with Crippen LogP contribution in [0.1, 0.15) is 11.3 Å². The molecule has 0 saturated heterocycles. The highest BCUT2D eigenvalue weighted by Crippen LogP contribution is 2.27. The van der Waals surface area contributed by atoms with Crippen LogP contribution in [0.2, 0.25) is 5.02 Å². The number of halogens is 1. The molecule has 3 rings (SSSR count). The lowest BCUT2D eigenvalue weighted by molar-refractivity contribution is 0.637. The van der Waals surface area contributed by atoms with Gasteiger partial charge in [0.15, 0.2) is 5.16 Å². The van der Waals surface area contributed by atoms with Crippen molar-refractivity contribution in [2.75, 3.05) is 11.5 Å². The van der Waals surface area contributed by atoms with Crippen molar-refractivity contribution in [2.45, 2.75) is 29.4 Å². The Morgan fingerprint density at radius 1 is 1.08 bits per heavy atom. The molecule has 0 aliphatic heterocycles. The zero-order chi connectivity index (χ0) is 16.6. The third-order valence-electron chi connectivity index (χ3n) is 3.37. The standard InChI is InChI=1S/C17H18ClN3S3/c18-15-6-1-2-7-16(15)23-11-4-12-24-17-20-19-13-21(17)9-8-14-5-3-10-22-14/h1-3,5-7,10,13H,4,8-9,11-12H2. The second-order valence-electron chi connectivity index (χ2n) is 5.12. The van der Waals surface area contributed by atoms with E-state index in [0.717, 1.165) is 46.0 Å². The highest BCUT2D eigenvalue weighted by Gasteiger charge is 2.06. The highest BCUT2D eigenvalue weighted by molar-refractivity contribution is 8.00. The number of aryl methyl sites for hydroxylation is 2. The van der Waals surface area contributed by atoms with E-state index in [0.29, 0.717) is 0 Å². The molecule has 0 aliphatic carbocycles. The van der Waals surface area contributed by atoms with Crippen molar-refractivity contribution in [3.63, 3.8) is 0 Å². The lowest BCUT2D eigenvalue weighted by Crippen LogP contribution is -2.01. The molecule has 0 unspecified atom stereocenters. The van der Waals surface area contributed by atoms with Crippen LogP contribution in [0.3, 0.4) is 0 Å². The highest BCUT2D eigenvalue weighted by atomic mass is 35.5. The van der Waals surface area contributed by atoms with E-state index in [-0.39, 0.29) is 0 Å². The second-order valence-corrected chi connectivity index (χ2v) is 8.76. The molecular weight excluding hydrogens is 378 g/mol. The van der Waals surface area contributed by atoms with E-state index < -0.39 is 0 Å². The van der Waals surface area contributed by atoms with Gasteiger partial charge in [0.05, 0.1) is 5.02 Å². The fourth-order valence-corrected chi connectivity index (χ4v) is 5.11. The summed E-state index contributed by atoms with van der Waals surface area (Å²) < 4.78 is 2.14. The molecule has 0 bridgehead atoms. The normalized spacial score (nSPS) is 11.0. The van der Waals surface area contributed by atoms with Gasteiger partial charge in [0.25, 0.3) is 0 Å². The average Bonchev–Trinajstić information content (AvgIpc) is 3.25. The van der Waals surface area contributed by atoms with Gasteiger partial charge in [-0.2, -0.15) is 0 Å². The number of rotatable bonds is 9. The van der Waals surface area contributed by atoms with Crippen LogP contribution in [0.15, 0.2) is 58.2 Å². The van der Waals surface area contributed by atoms with Gasteiger partial charge in [-0.05, 0) is 42.2 Å². The van der Waals surface area contributed by atoms with Gasteiger partial charge in [0.1, 0.15) is 6.33 Å². The molecule has 1 aromatic carbocycles. The van der Waals surface area contributed by atoms with E-state index in [4.69, 9.17) is 11.6 Å². The summed E-state index contributed by atoms with van der Waals surface area (Å²) in [5, 5.41) is 12.3. The quantitative estimate of drug-likeness (QED) is 0.353. The Balaban J connectivity index is 1.39. The Morgan fingerprint density at radius 2 is 1.96 bits per heavy atom. The summed E-state index contributed by atoms with van der Waals surface area (Å²) in [6.07, 6.45) is 3.97. The maximum Gasteiger partial charge on any atom is 0.191 e. The fraction of sp³-hybridized carbons (Fsp3) is 0.294. The van der Waals surface area contributed by atoms with Crippen LogP contribution in [0.4, 0.5) is 0 Å². The Hall–Kier alpha value is -0.950. The van der Waals surface area contributed by atoms with Crippen LogP contribution in [0, 0.1) is 0 Å². The third-order valence-corrected chi connectivity index (χ3v) is 6.98. The molecule has 0 aliphatic rings. The van der Waals surface area contributed by atoms with E-state index in [1.165, 1.54) is 4.88 Å². The van der Waals surface area contributed by atoms with E-state index >= 15 is 0 Å². The van der Waals surface area contributed by atoms with Crippen molar-refractivity contribution in [2.24, 2.45) is 0 Å². The predicted molar refractivity (Wildman–Crippen MR) is 106 cm³/mol. The van der Waals surface area contributed by atoms with Gasteiger partial charge in [0.2, 0.25) is 0 Å². The third kappa shape index (κ3) is 5.28. The van der Waals surface area contributed by atoms with Gasteiger partial charge in [-0.1, -0.05) is 41.6 Å². The summed E-state index contributed by atoms with van der Waals surface area (Å²) >= 11 is 11.6. The monoisotopic (exact) mass is 395 g/mol. The van der Waals surface area contributed by atoms with Crippen LogP contribution in [0.25, 0.3) is 0 Å². The Labute approximate surface area is 159 Å². The largest absolute Gasteiger partial charge is 0.308 e. The molecule has 0 amide bonds. The molecule has 2 aromatic heterocycles. The number of benzene rings is 1. The smallest absolute Gasteiger partial charge is 0.191 e. The van der Waals surface area contributed by atoms with Crippen molar-refractivity contribution in [3.8, 4) is 0 Å². The summed E-state index contributed by atoms with van der Waals surface area (Å²) in [7, 11) is 0. The number of thioether (sulfide) groups is 2. The van der Waals surface area contributed by atoms with Crippen molar-refractivity contribution in [1.82, 2.24) is 14.8 Å². The average molecular weight is 396 g/mol. The van der Waals surface area contributed by atoms with Crippen LogP contribution < -0.4 is 0 Å². The van der Waals surface area contributed by atoms with Gasteiger partial charge < -0.3 is 4.57 Å². The first-order valence-electron chi connectivity index (χ1n) is 7.73. The summed E-state index contributed by atoms with van der Waals surface area (Å²) in [6, 6.07) is 12.3. The van der Waals surface area contributed by atoms with Crippen LogP contribution in [-0.4, -0.2) is 26.3 Å². The molecule has 0 saturated carbocycles. The Morgan fingerprint density at radius 3 is 2.79 bits per heavy atom. The van der Waals surface area contributed by atoms with Gasteiger partial charge in [-0.25, -0.2) is 0 Å². The number of hydrogen-bond acceptors (Lipinski definition) is 5. The van der Waals surface area contributed by atoms with Crippen LogP contribution >= 0.6 is 46.5 Å². The molecule has 0 radical (unpaired) electrons. The predicted octanol–water partition coefficient (Wildman–Crippen LogP) is 5.51. The topological polar surface area (TPSA) is 30.7 Å². The molecule has 0 spiro atoms. The molecule has 0 atom stereocenters. The van der Waals surface area contributed by atoms with Crippen molar-refractivity contribution < 1.29 is 0 Å². The first kappa shape index (κ1) is 17.9. The first-order valence-corrected chi connectivity index (χ1v) is 11.0. The molecule has 126 valence electrons. The van der Waals surface area contributed by atoms with Gasteiger partial charge >= 0.3 is 0 Å². The molecular formula is C17H18ClN3S3. The lowest BCUT2D eigenvalue weighted by atomic mass is 10.3. The number of hydrogen-bond donors (Lipinski definition) is 0. The Kier molecular flexibility index (Phi) is 7.08. The van der Waals surface area contributed by atoms with E-state index in [9.17, 15) is 0 Å². The van der Waals surface area contributed by atoms with Crippen molar-refractivity contribution in [3.05, 3.63) is 58.0 Å². The second kappa shape index (κ2) is 9.51. The molecule has 0 N–H and O–H groups in total. The van der Waals surface area contributed by atoms with E-state index in [2.05, 4.69) is 38.3 Å². The lowest BCUT2D eigenvalue weighted by Gasteiger charge is -2.06. The number of aromatic nitrogens is 3. The van der Waals surface area contributed by atoms with E-state index in [1.807, 2.05) is 36.3 Å². The zero-order valence-corrected chi connectivity index (χ0v) is 16.3. The summed E-state index contributed by atoms with van der Waals surface area (Å²) in [6.45, 7) is 0.935. The van der Waals surface area contributed by atoms with Crippen LogP contribution in [0.5, 0.6) is 0 Å². The fourth-order valence-electron chi connectivity index (χ4n) is 2.16. The SMILES string of the molecule is Clc1ccccc1SCCCSc1nncn1CCc1cccs1. The molecule has 7 heteroatoms. The van der Waals surface area contributed by atoms with Crippen molar-refractivity contribution >= 4 is 46.5 Å². The number of thiophene rings is 1. The molecule has 3 aromatic rings. The van der Waals surface area contributed by atoms with Gasteiger partial charge in [0, 0.05) is 22.1 Å². The number of nitrogens with zero attached hydrogens (tertiary/aromatic N) is 3. The summed E-state index contributed by atoms with van der Waals surface area (Å²) in [5.74, 6) is 2.09. The van der Waals surface area contributed by atoms with Crippen LogP contribution in [-0.2, 0) is 13.0 Å². The van der Waals surface area contributed by atoms with E-state index in [1.54, 1.807) is 23.1 Å². The zero-order valence-electron chi connectivity index (χ0n) is 13.1. The molecule has 0 fully saturated rings. The summed E-state index contributed by atoms with van der Waals surface area (Å²) in [5.41, 5.74) is 0. The van der Waals surface area contributed by atoms with Gasteiger partial charge in [-0.15, -0.1) is 33.3 Å². The Bertz CT molecular complexity index is 743. The molecule has 24 heavy (non-hydrogen) atoms. The molecule has 3 nitrogen and oxygen atoms in total. The summed E-state index contributed by atoms with van der Waals surface area (Å²) in [4.78, 5) is 2.55. The maximum absolute atomic E-state index is 6.17. The minimum Gasteiger partial charge on any atom is -0.308 e. The minimum atomic E-state index is 0.837. The first-order chi connectivity index (χ1) is 11.8. The molecule has 2 heterocycles. The maximum atomic E-state index is 6.17. The minimum absolute atomic E-state index is 0.837. The van der Waals surface area contributed by atoms with Gasteiger partial charge in [-0.3, -0.25) is 0 Å².